The summed E-state index contributed by atoms with van der Waals surface area (Å²) in [7, 11) is 0. The van der Waals surface area contributed by atoms with Crippen LogP contribution in [-0.2, 0) is 4.74 Å². The maximum atomic E-state index is 6.10. The van der Waals surface area contributed by atoms with Crippen LogP contribution in [0.5, 0.6) is 0 Å². The molecule has 0 spiro atoms. The van der Waals surface area contributed by atoms with E-state index in [2.05, 4.69) is 32.6 Å². The molecule has 0 aromatic carbocycles. The lowest BCUT2D eigenvalue weighted by atomic mass is 9.65. The Morgan fingerprint density at radius 2 is 2.00 bits per heavy atom. The van der Waals surface area contributed by atoms with Gasteiger partial charge in [0.2, 0.25) is 0 Å². The Hall–Kier alpha value is -0.120. The monoisotopic (exact) mass is 296 g/mol. The van der Waals surface area contributed by atoms with Gasteiger partial charge in [0, 0.05) is 19.1 Å². The van der Waals surface area contributed by atoms with Crippen molar-refractivity contribution in [3.63, 3.8) is 0 Å². The van der Waals surface area contributed by atoms with Crippen molar-refractivity contribution in [2.24, 2.45) is 23.0 Å². The quantitative estimate of drug-likeness (QED) is 0.846. The zero-order valence-corrected chi connectivity index (χ0v) is 14.6. The summed E-state index contributed by atoms with van der Waals surface area (Å²) in [5.41, 5.74) is 6.56. The average molecular weight is 296 g/mol. The fourth-order valence-corrected chi connectivity index (χ4v) is 4.22. The molecule has 2 aliphatic rings. The molecule has 1 saturated heterocycles. The lowest BCUT2D eigenvalue weighted by Crippen LogP contribution is -2.54. The highest BCUT2D eigenvalue weighted by Crippen LogP contribution is 2.43. The van der Waals surface area contributed by atoms with Gasteiger partial charge < -0.3 is 10.5 Å². The van der Waals surface area contributed by atoms with Gasteiger partial charge in [0.15, 0.2) is 0 Å². The summed E-state index contributed by atoms with van der Waals surface area (Å²) in [6.45, 7) is 13.4. The van der Waals surface area contributed by atoms with Crippen LogP contribution in [0.25, 0.3) is 0 Å². The topological polar surface area (TPSA) is 38.5 Å². The van der Waals surface area contributed by atoms with Crippen LogP contribution < -0.4 is 5.73 Å². The Kier molecular flexibility index (Phi) is 6.10. The molecular formula is C18H36N2O. The molecule has 1 heterocycles. The Bertz CT molecular complexity index is 318. The molecule has 3 heteroatoms. The lowest BCUT2D eigenvalue weighted by molar-refractivity contribution is -0.0681. The Morgan fingerprint density at radius 3 is 2.62 bits per heavy atom. The van der Waals surface area contributed by atoms with Crippen molar-refractivity contribution in [1.29, 1.82) is 0 Å². The highest BCUT2D eigenvalue weighted by atomic mass is 16.5. The average Bonchev–Trinajstić information content (AvgIpc) is 2.54. The minimum Gasteiger partial charge on any atom is -0.376 e. The molecule has 0 aromatic heterocycles. The molecule has 0 radical (unpaired) electrons. The van der Waals surface area contributed by atoms with Crippen molar-refractivity contribution in [2.45, 2.75) is 71.9 Å². The van der Waals surface area contributed by atoms with Crippen molar-refractivity contribution < 1.29 is 4.74 Å². The van der Waals surface area contributed by atoms with E-state index in [4.69, 9.17) is 10.5 Å². The van der Waals surface area contributed by atoms with E-state index in [0.29, 0.717) is 23.5 Å². The summed E-state index contributed by atoms with van der Waals surface area (Å²) in [5, 5.41) is 0. The Labute approximate surface area is 131 Å². The number of ether oxygens (including phenoxy) is 1. The molecular weight excluding hydrogens is 260 g/mol. The predicted molar refractivity (Wildman–Crippen MR) is 89.3 cm³/mol. The molecule has 0 amide bonds. The second-order valence-electron chi connectivity index (χ2n) is 7.81. The van der Waals surface area contributed by atoms with Crippen LogP contribution in [-0.4, -0.2) is 43.3 Å². The molecule has 0 aromatic rings. The van der Waals surface area contributed by atoms with Gasteiger partial charge in [0.05, 0.1) is 12.7 Å². The minimum absolute atomic E-state index is 0.428. The second-order valence-corrected chi connectivity index (χ2v) is 7.81. The van der Waals surface area contributed by atoms with E-state index < -0.39 is 0 Å². The van der Waals surface area contributed by atoms with E-state index in [0.717, 1.165) is 38.6 Å². The van der Waals surface area contributed by atoms with Gasteiger partial charge in [-0.3, -0.25) is 4.90 Å². The Morgan fingerprint density at radius 1 is 1.24 bits per heavy atom. The molecule has 1 aliphatic heterocycles. The normalized spacial score (nSPS) is 35.9. The molecule has 4 unspecified atom stereocenters. The van der Waals surface area contributed by atoms with Crippen molar-refractivity contribution in [2.75, 3.05) is 26.2 Å². The number of hydrogen-bond acceptors (Lipinski definition) is 3. The van der Waals surface area contributed by atoms with Gasteiger partial charge in [-0.05, 0) is 49.5 Å². The summed E-state index contributed by atoms with van der Waals surface area (Å²) >= 11 is 0. The zero-order valence-electron chi connectivity index (χ0n) is 14.6. The number of morpholine rings is 1. The summed E-state index contributed by atoms with van der Waals surface area (Å²) in [6.07, 6.45) is 6.83. The fraction of sp³-hybridized carbons (Fsp3) is 1.00. The van der Waals surface area contributed by atoms with Crippen LogP contribution in [0.3, 0.4) is 0 Å². The van der Waals surface area contributed by atoms with Crippen LogP contribution in [0, 0.1) is 17.3 Å². The number of hydrogen-bond donors (Lipinski definition) is 1. The summed E-state index contributed by atoms with van der Waals surface area (Å²) in [4.78, 5) is 2.70. The van der Waals surface area contributed by atoms with Gasteiger partial charge in [0.25, 0.3) is 0 Å². The van der Waals surface area contributed by atoms with E-state index in [1.54, 1.807) is 0 Å². The van der Waals surface area contributed by atoms with Gasteiger partial charge in [-0.25, -0.2) is 0 Å². The van der Waals surface area contributed by atoms with Crippen molar-refractivity contribution in [3.8, 4) is 0 Å². The molecule has 3 nitrogen and oxygen atoms in total. The molecule has 2 N–H and O–H groups in total. The van der Waals surface area contributed by atoms with E-state index in [1.165, 1.54) is 25.7 Å². The maximum Gasteiger partial charge on any atom is 0.0700 e. The molecule has 124 valence electrons. The molecule has 1 aliphatic carbocycles. The van der Waals surface area contributed by atoms with Crippen LogP contribution in [0.2, 0.25) is 0 Å². The first kappa shape index (κ1) is 17.2. The van der Waals surface area contributed by atoms with Crippen LogP contribution in [0.15, 0.2) is 0 Å². The molecule has 2 rings (SSSR count). The van der Waals surface area contributed by atoms with E-state index in [-0.39, 0.29) is 0 Å². The first-order chi connectivity index (χ1) is 10.0. The van der Waals surface area contributed by atoms with Crippen molar-refractivity contribution >= 4 is 0 Å². The third kappa shape index (κ3) is 4.00. The predicted octanol–water partition coefficient (Wildman–Crippen LogP) is 3.28. The molecule has 21 heavy (non-hydrogen) atoms. The largest absolute Gasteiger partial charge is 0.376 e. The van der Waals surface area contributed by atoms with Crippen molar-refractivity contribution in [3.05, 3.63) is 0 Å². The zero-order chi connectivity index (χ0) is 15.5. The van der Waals surface area contributed by atoms with Crippen LogP contribution in [0.1, 0.15) is 59.8 Å². The van der Waals surface area contributed by atoms with E-state index >= 15 is 0 Å². The molecule has 4 atom stereocenters. The van der Waals surface area contributed by atoms with E-state index in [1.807, 2.05) is 0 Å². The summed E-state index contributed by atoms with van der Waals surface area (Å²) in [6, 6.07) is 0.678. The highest BCUT2D eigenvalue weighted by Gasteiger charge is 2.40. The Balaban J connectivity index is 2.06. The van der Waals surface area contributed by atoms with Gasteiger partial charge in [-0.1, -0.05) is 34.1 Å². The first-order valence-corrected chi connectivity index (χ1v) is 9.07. The van der Waals surface area contributed by atoms with Gasteiger partial charge in [-0.2, -0.15) is 0 Å². The van der Waals surface area contributed by atoms with Crippen LogP contribution in [0.4, 0.5) is 0 Å². The molecule has 1 saturated carbocycles. The fourth-order valence-electron chi connectivity index (χ4n) is 4.22. The SMILES string of the molecule is CCC1CN(C2CC(C(C)(C)CC)CCC2CN)CCO1. The standard InChI is InChI=1S/C18H36N2O/c1-5-16-13-20(9-10-21-16)17-11-15(18(3,4)6-2)8-7-14(17)12-19/h14-17H,5-13,19H2,1-4H3. The highest BCUT2D eigenvalue weighted by molar-refractivity contribution is 4.93. The van der Waals surface area contributed by atoms with Crippen molar-refractivity contribution in [1.82, 2.24) is 4.90 Å². The summed E-state index contributed by atoms with van der Waals surface area (Å²) < 4.78 is 5.86. The molecule has 0 bridgehead atoms. The van der Waals surface area contributed by atoms with Gasteiger partial charge in [0.1, 0.15) is 0 Å². The number of rotatable bonds is 5. The van der Waals surface area contributed by atoms with E-state index in [9.17, 15) is 0 Å². The van der Waals surface area contributed by atoms with Gasteiger partial charge >= 0.3 is 0 Å². The number of nitrogens with two attached hydrogens (primary N) is 1. The molecule has 2 fully saturated rings. The van der Waals surface area contributed by atoms with Crippen LogP contribution >= 0.6 is 0 Å². The first-order valence-electron chi connectivity index (χ1n) is 9.07. The minimum atomic E-state index is 0.428. The smallest absolute Gasteiger partial charge is 0.0700 e. The lowest BCUT2D eigenvalue weighted by Gasteiger charge is -2.48. The third-order valence-electron chi connectivity index (χ3n) is 6.37. The maximum absolute atomic E-state index is 6.10. The summed E-state index contributed by atoms with van der Waals surface area (Å²) in [5.74, 6) is 1.53. The third-order valence-corrected chi connectivity index (χ3v) is 6.37. The number of nitrogens with zero attached hydrogens (tertiary/aromatic N) is 1. The second kappa shape index (κ2) is 7.43. The van der Waals surface area contributed by atoms with Gasteiger partial charge in [-0.15, -0.1) is 0 Å².